The minimum atomic E-state index is -0.659. The molecule has 0 aromatic carbocycles. The van der Waals surface area contributed by atoms with Crippen molar-refractivity contribution in [1.29, 1.82) is 0 Å². The van der Waals surface area contributed by atoms with E-state index >= 15 is 0 Å². The van der Waals surface area contributed by atoms with Crippen molar-refractivity contribution in [2.24, 2.45) is 5.92 Å². The van der Waals surface area contributed by atoms with Crippen molar-refractivity contribution in [2.75, 3.05) is 6.54 Å². The molecule has 0 spiro atoms. The van der Waals surface area contributed by atoms with Crippen LogP contribution in [0.1, 0.15) is 52.9 Å². The summed E-state index contributed by atoms with van der Waals surface area (Å²) in [5.41, 5.74) is 0. The lowest BCUT2D eigenvalue weighted by Crippen LogP contribution is -2.38. The molecule has 1 fully saturated rings. The van der Waals surface area contributed by atoms with Gasteiger partial charge in [0.05, 0.1) is 6.42 Å². The molecule has 0 aromatic heterocycles. The highest BCUT2D eigenvalue weighted by Gasteiger charge is 2.29. The molecule has 1 N–H and O–H groups in total. The Kier molecular flexibility index (Phi) is 5.26. The molecule has 1 rings (SSSR count). The van der Waals surface area contributed by atoms with Crippen molar-refractivity contribution in [3.05, 3.63) is 0 Å². The molecule has 0 amide bonds. The monoisotopic (exact) mass is 227 g/mol. The Labute approximate surface area is 98.8 Å². The van der Waals surface area contributed by atoms with E-state index in [1.807, 2.05) is 0 Å². The summed E-state index contributed by atoms with van der Waals surface area (Å²) < 4.78 is 0. The predicted molar refractivity (Wildman–Crippen MR) is 65.5 cm³/mol. The van der Waals surface area contributed by atoms with E-state index in [0.29, 0.717) is 12.5 Å². The van der Waals surface area contributed by atoms with Gasteiger partial charge >= 0.3 is 5.97 Å². The minimum absolute atomic E-state index is 0.277. The Morgan fingerprint density at radius 2 is 2.06 bits per heavy atom. The number of hydrogen-bond donors (Lipinski definition) is 1. The van der Waals surface area contributed by atoms with Gasteiger partial charge in [-0.3, -0.25) is 9.69 Å². The number of likely N-dealkylation sites (tertiary alicyclic amines) is 1. The van der Waals surface area contributed by atoms with Crippen molar-refractivity contribution < 1.29 is 9.90 Å². The van der Waals surface area contributed by atoms with Gasteiger partial charge in [0, 0.05) is 12.1 Å². The molecule has 0 aliphatic carbocycles. The van der Waals surface area contributed by atoms with Crippen LogP contribution in [0.2, 0.25) is 0 Å². The molecular formula is C13H25NO2. The van der Waals surface area contributed by atoms with Crippen LogP contribution >= 0.6 is 0 Å². The van der Waals surface area contributed by atoms with Gasteiger partial charge < -0.3 is 5.11 Å². The SMILES string of the molecule is CC(C)CCC(C)N1CCCC1CC(=O)O. The van der Waals surface area contributed by atoms with Gasteiger partial charge in [0.1, 0.15) is 0 Å². The molecule has 1 saturated heterocycles. The number of carboxylic acids is 1. The molecule has 1 aliphatic rings. The number of hydrogen-bond acceptors (Lipinski definition) is 2. The van der Waals surface area contributed by atoms with E-state index in [0.717, 1.165) is 25.3 Å². The zero-order valence-electron chi connectivity index (χ0n) is 10.8. The number of rotatable bonds is 6. The Balaban J connectivity index is 2.40. The standard InChI is InChI=1S/C13H25NO2/c1-10(2)6-7-11(3)14-8-4-5-12(14)9-13(15)16/h10-12H,4-9H2,1-3H3,(H,15,16). The first-order chi connectivity index (χ1) is 7.50. The maximum atomic E-state index is 10.8. The molecular weight excluding hydrogens is 202 g/mol. The summed E-state index contributed by atoms with van der Waals surface area (Å²) in [6, 6.07) is 0.814. The number of carboxylic acid groups (broad SMARTS) is 1. The van der Waals surface area contributed by atoms with E-state index in [9.17, 15) is 4.79 Å². The van der Waals surface area contributed by atoms with Crippen LogP contribution < -0.4 is 0 Å². The Morgan fingerprint density at radius 3 is 2.62 bits per heavy atom. The van der Waals surface area contributed by atoms with Crippen LogP contribution in [0.4, 0.5) is 0 Å². The third kappa shape index (κ3) is 4.12. The van der Waals surface area contributed by atoms with Gasteiger partial charge in [0.2, 0.25) is 0 Å². The van der Waals surface area contributed by atoms with Gasteiger partial charge in [-0.2, -0.15) is 0 Å². The first kappa shape index (κ1) is 13.5. The lowest BCUT2D eigenvalue weighted by molar-refractivity contribution is -0.138. The first-order valence-electron chi connectivity index (χ1n) is 6.48. The highest BCUT2D eigenvalue weighted by atomic mass is 16.4. The molecule has 3 heteroatoms. The first-order valence-corrected chi connectivity index (χ1v) is 6.48. The zero-order chi connectivity index (χ0) is 12.1. The smallest absolute Gasteiger partial charge is 0.304 e. The zero-order valence-corrected chi connectivity index (χ0v) is 10.8. The molecule has 2 unspecified atom stereocenters. The van der Waals surface area contributed by atoms with E-state index in [-0.39, 0.29) is 6.04 Å². The van der Waals surface area contributed by atoms with E-state index in [2.05, 4.69) is 25.7 Å². The van der Waals surface area contributed by atoms with Crippen molar-refractivity contribution in [1.82, 2.24) is 4.90 Å². The fourth-order valence-electron chi connectivity index (χ4n) is 2.60. The van der Waals surface area contributed by atoms with Crippen LogP contribution in [0.5, 0.6) is 0 Å². The second kappa shape index (κ2) is 6.24. The fourth-order valence-corrected chi connectivity index (χ4v) is 2.60. The largest absolute Gasteiger partial charge is 0.481 e. The second-order valence-corrected chi connectivity index (χ2v) is 5.45. The maximum Gasteiger partial charge on any atom is 0.304 e. The number of aliphatic carboxylic acids is 1. The average Bonchev–Trinajstić information content (AvgIpc) is 2.61. The Morgan fingerprint density at radius 1 is 1.38 bits per heavy atom. The second-order valence-electron chi connectivity index (χ2n) is 5.45. The molecule has 2 atom stereocenters. The van der Waals surface area contributed by atoms with Crippen LogP contribution in [-0.2, 0) is 4.79 Å². The third-order valence-corrected chi connectivity index (χ3v) is 3.56. The van der Waals surface area contributed by atoms with Crippen molar-refractivity contribution >= 4 is 5.97 Å². The molecule has 94 valence electrons. The molecule has 0 radical (unpaired) electrons. The molecule has 1 heterocycles. The van der Waals surface area contributed by atoms with Crippen molar-refractivity contribution in [3.63, 3.8) is 0 Å². The fraction of sp³-hybridized carbons (Fsp3) is 0.923. The molecule has 3 nitrogen and oxygen atoms in total. The lowest BCUT2D eigenvalue weighted by Gasteiger charge is -2.30. The maximum absolute atomic E-state index is 10.8. The summed E-state index contributed by atoms with van der Waals surface area (Å²) in [5.74, 6) is 0.0796. The van der Waals surface area contributed by atoms with Crippen LogP contribution in [0, 0.1) is 5.92 Å². The lowest BCUT2D eigenvalue weighted by atomic mass is 10.0. The van der Waals surface area contributed by atoms with Crippen molar-refractivity contribution in [2.45, 2.75) is 65.0 Å². The van der Waals surface area contributed by atoms with Gasteiger partial charge in [0.25, 0.3) is 0 Å². The average molecular weight is 227 g/mol. The summed E-state index contributed by atoms with van der Waals surface area (Å²) in [7, 11) is 0. The summed E-state index contributed by atoms with van der Waals surface area (Å²) in [5, 5.41) is 8.86. The summed E-state index contributed by atoms with van der Waals surface area (Å²) in [6.07, 6.45) is 4.94. The quantitative estimate of drug-likeness (QED) is 0.758. The molecule has 0 bridgehead atoms. The third-order valence-electron chi connectivity index (χ3n) is 3.56. The molecule has 0 saturated carbocycles. The number of nitrogens with zero attached hydrogens (tertiary/aromatic N) is 1. The van der Waals surface area contributed by atoms with Gasteiger partial charge in [-0.25, -0.2) is 0 Å². The molecule has 16 heavy (non-hydrogen) atoms. The van der Waals surface area contributed by atoms with Crippen LogP contribution in [0.15, 0.2) is 0 Å². The Hall–Kier alpha value is -0.570. The van der Waals surface area contributed by atoms with Gasteiger partial charge in [0.15, 0.2) is 0 Å². The number of carbonyl (C=O) groups is 1. The minimum Gasteiger partial charge on any atom is -0.481 e. The van der Waals surface area contributed by atoms with E-state index in [1.54, 1.807) is 0 Å². The van der Waals surface area contributed by atoms with E-state index in [1.165, 1.54) is 12.8 Å². The molecule has 1 aliphatic heterocycles. The molecule has 0 aromatic rings. The predicted octanol–water partition coefficient (Wildman–Crippen LogP) is 2.75. The van der Waals surface area contributed by atoms with Gasteiger partial charge in [-0.1, -0.05) is 13.8 Å². The summed E-state index contributed by atoms with van der Waals surface area (Å²) in [6.45, 7) is 7.80. The highest BCUT2D eigenvalue weighted by Crippen LogP contribution is 2.25. The Bertz CT molecular complexity index is 228. The topological polar surface area (TPSA) is 40.5 Å². The van der Waals surface area contributed by atoms with E-state index in [4.69, 9.17) is 5.11 Å². The normalized spacial score (nSPS) is 23.9. The highest BCUT2D eigenvalue weighted by molar-refractivity contribution is 5.67. The van der Waals surface area contributed by atoms with Crippen LogP contribution in [0.3, 0.4) is 0 Å². The summed E-state index contributed by atoms with van der Waals surface area (Å²) >= 11 is 0. The van der Waals surface area contributed by atoms with Gasteiger partial charge in [-0.15, -0.1) is 0 Å². The van der Waals surface area contributed by atoms with Crippen molar-refractivity contribution in [3.8, 4) is 0 Å². The van der Waals surface area contributed by atoms with Gasteiger partial charge in [-0.05, 0) is 45.1 Å². The van der Waals surface area contributed by atoms with Crippen LogP contribution in [-0.4, -0.2) is 34.6 Å². The van der Waals surface area contributed by atoms with Crippen LogP contribution in [0.25, 0.3) is 0 Å². The summed E-state index contributed by atoms with van der Waals surface area (Å²) in [4.78, 5) is 13.2. The van der Waals surface area contributed by atoms with E-state index < -0.39 is 5.97 Å².